The molecule has 120 valence electrons. The molecule has 0 bridgehead atoms. The lowest BCUT2D eigenvalue weighted by molar-refractivity contribution is -0.149. The van der Waals surface area contributed by atoms with E-state index in [-0.39, 0.29) is 17.9 Å². The Morgan fingerprint density at radius 3 is 2.82 bits per heavy atom. The number of carboxylic acids is 1. The zero-order valence-electron chi connectivity index (χ0n) is 13.1. The molecule has 2 aliphatic heterocycles. The molecule has 1 amide bonds. The molecule has 3 N–H and O–H groups in total. The number of nitrogens with one attached hydrogen (secondary N) is 2. The Kier molecular flexibility index (Phi) is 3.28. The van der Waals surface area contributed by atoms with Crippen molar-refractivity contribution in [2.75, 3.05) is 19.6 Å². The van der Waals surface area contributed by atoms with Crippen molar-refractivity contribution in [2.45, 2.75) is 32.7 Å². The van der Waals surface area contributed by atoms with Crippen LogP contribution in [0.4, 0.5) is 0 Å². The third-order valence-corrected chi connectivity index (χ3v) is 4.73. The Labute approximate surface area is 129 Å². The third-order valence-electron chi connectivity index (χ3n) is 4.73. The van der Waals surface area contributed by atoms with Gasteiger partial charge in [-0.05, 0) is 6.07 Å². The van der Waals surface area contributed by atoms with E-state index in [1.165, 1.54) is 0 Å². The number of carbonyl (C=O) groups is 2. The summed E-state index contributed by atoms with van der Waals surface area (Å²) in [6.07, 6.45) is 0. The number of carboxylic acid groups (broad SMARTS) is 1. The fourth-order valence-electron chi connectivity index (χ4n) is 3.37. The molecule has 2 saturated heterocycles. The van der Waals surface area contributed by atoms with Gasteiger partial charge in [0.15, 0.2) is 0 Å². The maximum absolute atomic E-state index is 11.9. The smallest absolute Gasteiger partial charge is 0.313 e. The quantitative estimate of drug-likeness (QED) is 0.748. The van der Waals surface area contributed by atoms with Crippen molar-refractivity contribution in [3.05, 3.63) is 17.5 Å². The van der Waals surface area contributed by atoms with E-state index in [9.17, 15) is 14.7 Å². The summed E-state index contributed by atoms with van der Waals surface area (Å²) in [7, 11) is 0. The van der Waals surface area contributed by atoms with Gasteiger partial charge < -0.3 is 10.4 Å². The first kappa shape index (κ1) is 15.0. The number of rotatable bonds is 3. The van der Waals surface area contributed by atoms with E-state index < -0.39 is 17.3 Å². The van der Waals surface area contributed by atoms with Crippen molar-refractivity contribution in [2.24, 2.45) is 11.3 Å². The summed E-state index contributed by atoms with van der Waals surface area (Å²) in [6.45, 7) is 7.95. The zero-order valence-corrected chi connectivity index (χ0v) is 13.1. The molecule has 1 aromatic heterocycles. The highest BCUT2D eigenvalue weighted by atomic mass is 16.4. The van der Waals surface area contributed by atoms with E-state index in [1.54, 1.807) is 0 Å². The number of amides is 1. The number of H-pyrrole nitrogens is 1. The summed E-state index contributed by atoms with van der Waals surface area (Å²) in [5.41, 5.74) is 0.918. The van der Waals surface area contributed by atoms with Crippen molar-refractivity contribution in [3.63, 3.8) is 0 Å². The van der Waals surface area contributed by atoms with Crippen LogP contribution in [-0.2, 0) is 21.5 Å². The summed E-state index contributed by atoms with van der Waals surface area (Å²) in [6, 6.07) is 2.02. The largest absolute Gasteiger partial charge is 0.481 e. The zero-order chi connectivity index (χ0) is 16.1. The number of hydrogen-bond acceptors (Lipinski definition) is 4. The van der Waals surface area contributed by atoms with Crippen LogP contribution in [-0.4, -0.2) is 51.7 Å². The van der Waals surface area contributed by atoms with E-state index in [1.807, 2.05) is 11.0 Å². The number of aromatic nitrogens is 2. The average molecular weight is 306 g/mol. The molecular weight excluding hydrogens is 284 g/mol. The molecule has 22 heavy (non-hydrogen) atoms. The van der Waals surface area contributed by atoms with Crippen LogP contribution in [0.1, 0.15) is 32.2 Å². The van der Waals surface area contributed by atoms with Crippen LogP contribution in [0.2, 0.25) is 0 Å². The summed E-state index contributed by atoms with van der Waals surface area (Å²) in [5.74, 6) is -1.50. The summed E-state index contributed by atoms with van der Waals surface area (Å²) >= 11 is 0. The molecule has 0 unspecified atom stereocenters. The predicted octanol–water partition coefficient (Wildman–Crippen LogP) is 0.340. The van der Waals surface area contributed by atoms with E-state index in [2.05, 4.69) is 36.3 Å². The number of hydrogen-bond donors (Lipinski definition) is 3. The standard InChI is InChI=1S/C15H22N4O3/c1-14(2,3)11-4-9(17-18-11)5-19-6-10-12(20)16-7-15(10,8-19)13(21)22/h4,10H,5-8H2,1-3H3,(H,16,20)(H,17,18)(H,21,22)/t10-,15+/m0/s1. The predicted molar refractivity (Wildman–Crippen MR) is 79.1 cm³/mol. The molecule has 0 spiro atoms. The molecule has 3 rings (SSSR count). The van der Waals surface area contributed by atoms with Crippen LogP contribution in [0.5, 0.6) is 0 Å². The molecule has 7 nitrogen and oxygen atoms in total. The van der Waals surface area contributed by atoms with Crippen LogP contribution < -0.4 is 5.32 Å². The fourth-order valence-corrected chi connectivity index (χ4v) is 3.37. The second kappa shape index (κ2) is 4.81. The molecule has 1 aromatic rings. The molecule has 0 aromatic carbocycles. The van der Waals surface area contributed by atoms with Crippen LogP contribution in [0.15, 0.2) is 6.07 Å². The second-order valence-corrected chi connectivity index (χ2v) is 7.43. The first-order valence-corrected chi connectivity index (χ1v) is 7.50. The van der Waals surface area contributed by atoms with Gasteiger partial charge in [0.2, 0.25) is 5.91 Å². The number of likely N-dealkylation sites (tertiary alicyclic amines) is 1. The molecular formula is C15H22N4O3. The number of aliphatic carboxylic acids is 1. The highest BCUT2D eigenvalue weighted by Crippen LogP contribution is 2.40. The van der Waals surface area contributed by atoms with Gasteiger partial charge in [-0.25, -0.2) is 0 Å². The van der Waals surface area contributed by atoms with Gasteiger partial charge in [0.25, 0.3) is 0 Å². The molecule has 7 heteroatoms. The van der Waals surface area contributed by atoms with Gasteiger partial charge in [-0.2, -0.15) is 5.10 Å². The topological polar surface area (TPSA) is 98.3 Å². The molecule has 2 fully saturated rings. The maximum atomic E-state index is 11.9. The monoisotopic (exact) mass is 306 g/mol. The highest BCUT2D eigenvalue weighted by molar-refractivity contribution is 5.92. The van der Waals surface area contributed by atoms with Gasteiger partial charge in [0, 0.05) is 37.3 Å². The van der Waals surface area contributed by atoms with Crippen molar-refractivity contribution < 1.29 is 14.7 Å². The van der Waals surface area contributed by atoms with E-state index >= 15 is 0 Å². The highest BCUT2D eigenvalue weighted by Gasteiger charge is 2.59. The van der Waals surface area contributed by atoms with Crippen molar-refractivity contribution in [1.29, 1.82) is 0 Å². The van der Waals surface area contributed by atoms with Gasteiger partial charge in [0.05, 0.1) is 11.6 Å². The number of nitrogens with zero attached hydrogens (tertiary/aromatic N) is 2. The van der Waals surface area contributed by atoms with E-state index in [4.69, 9.17) is 0 Å². The minimum absolute atomic E-state index is 0.0293. The average Bonchev–Trinajstić information content (AvgIpc) is 3.06. The fraction of sp³-hybridized carbons (Fsp3) is 0.667. The normalized spacial score (nSPS) is 28.7. The second-order valence-electron chi connectivity index (χ2n) is 7.43. The van der Waals surface area contributed by atoms with E-state index in [0.717, 1.165) is 11.4 Å². The minimum Gasteiger partial charge on any atom is -0.481 e. The van der Waals surface area contributed by atoms with Crippen LogP contribution >= 0.6 is 0 Å². The SMILES string of the molecule is CC(C)(C)c1cc(CN2C[C@H]3C(=O)NC[C@@]3(C(=O)O)C2)[nH]n1. The van der Waals surface area contributed by atoms with Crippen molar-refractivity contribution >= 4 is 11.9 Å². The van der Waals surface area contributed by atoms with Gasteiger partial charge in [0.1, 0.15) is 5.41 Å². The molecule has 3 heterocycles. The first-order valence-electron chi connectivity index (χ1n) is 7.50. The Morgan fingerprint density at radius 1 is 1.55 bits per heavy atom. The van der Waals surface area contributed by atoms with E-state index in [0.29, 0.717) is 19.6 Å². The van der Waals surface area contributed by atoms with Crippen LogP contribution in [0, 0.1) is 11.3 Å². The Bertz CT molecular complexity index is 619. The molecule has 0 radical (unpaired) electrons. The van der Waals surface area contributed by atoms with Crippen LogP contribution in [0.25, 0.3) is 0 Å². The molecule has 0 saturated carbocycles. The van der Waals surface area contributed by atoms with Crippen LogP contribution in [0.3, 0.4) is 0 Å². The summed E-state index contributed by atoms with van der Waals surface area (Å²) in [5, 5.41) is 19.6. The number of aromatic amines is 1. The van der Waals surface area contributed by atoms with Gasteiger partial charge in [-0.1, -0.05) is 20.8 Å². The summed E-state index contributed by atoms with van der Waals surface area (Å²) in [4.78, 5) is 25.5. The Morgan fingerprint density at radius 2 is 2.27 bits per heavy atom. The van der Waals surface area contributed by atoms with Crippen molar-refractivity contribution in [1.82, 2.24) is 20.4 Å². The Hall–Kier alpha value is -1.89. The third kappa shape index (κ3) is 2.29. The Balaban J connectivity index is 1.74. The van der Waals surface area contributed by atoms with Crippen molar-refractivity contribution in [3.8, 4) is 0 Å². The number of fused-ring (bicyclic) bond motifs is 1. The molecule has 2 atom stereocenters. The molecule has 2 aliphatic rings. The number of carbonyl (C=O) groups excluding carboxylic acids is 1. The maximum Gasteiger partial charge on any atom is 0.313 e. The van der Waals surface area contributed by atoms with Gasteiger partial charge >= 0.3 is 5.97 Å². The van der Waals surface area contributed by atoms with Gasteiger partial charge in [-0.15, -0.1) is 0 Å². The lowest BCUT2D eigenvalue weighted by Crippen LogP contribution is -2.40. The minimum atomic E-state index is -0.982. The lowest BCUT2D eigenvalue weighted by Gasteiger charge is -2.21. The lowest BCUT2D eigenvalue weighted by atomic mass is 9.81. The summed E-state index contributed by atoms with van der Waals surface area (Å²) < 4.78 is 0. The molecule has 0 aliphatic carbocycles. The van der Waals surface area contributed by atoms with Gasteiger partial charge in [-0.3, -0.25) is 19.6 Å². The first-order chi connectivity index (χ1) is 10.2.